The van der Waals surface area contributed by atoms with Crippen LogP contribution in [0.5, 0.6) is 11.5 Å². The summed E-state index contributed by atoms with van der Waals surface area (Å²) in [4.78, 5) is 61.5. The Hall–Kier alpha value is -3.63. The van der Waals surface area contributed by atoms with E-state index in [4.69, 9.17) is 0 Å². The van der Waals surface area contributed by atoms with E-state index in [1.165, 1.54) is 0 Å². The van der Waals surface area contributed by atoms with E-state index in [1.54, 1.807) is 0 Å². The minimum absolute atomic E-state index is 0.512. The standard InChI is InChI=1S/C17H16O11/c1-25-14(21)7-5-6(9(12(7)19)16(23)27-3)11(18)10(17(24)28-4)13(20)8(5)15(22)26-2/h7,9,18,20H,1-4H3. The number of carbonyl (C=O) groups excluding carboxylic acids is 5. The van der Waals surface area contributed by atoms with Gasteiger partial charge in [-0.3, -0.25) is 14.4 Å². The molecule has 1 aromatic rings. The van der Waals surface area contributed by atoms with E-state index in [2.05, 4.69) is 18.9 Å². The Morgan fingerprint density at radius 1 is 0.679 bits per heavy atom. The minimum atomic E-state index is -1.85. The highest BCUT2D eigenvalue weighted by atomic mass is 16.5. The average molecular weight is 396 g/mol. The summed E-state index contributed by atoms with van der Waals surface area (Å²) in [7, 11) is 3.80. The Labute approximate surface area is 157 Å². The molecule has 0 amide bonds. The Morgan fingerprint density at radius 3 is 1.54 bits per heavy atom. The fourth-order valence-electron chi connectivity index (χ4n) is 3.11. The number of benzene rings is 1. The molecule has 2 rings (SSSR count). The molecule has 0 saturated carbocycles. The summed E-state index contributed by atoms with van der Waals surface area (Å²) < 4.78 is 18.1. The number of phenolic OH excluding ortho intramolecular Hbond substituents is 2. The molecule has 2 atom stereocenters. The number of aromatic hydroxyl groups is 2. The molecule has 150 valence electrons. The van der Waals surface area contributed by atoms with Gasteiger partial charge in [0.2, 0.25) is 0 Å². The van der Waals surface area contributed by atoms with Gasteiger partial charge in [0, 0.05) is 11.1 Å². The van der Waals surface area contributed by atoms with Crippen LogP contribution in [0.15, 0.2) is 0 Å². The molecule has 2 N–H and O–H groups in total. The maximum Gasteiger partial charge on any atom is 0.345 e. The van der Waals surface area contributed by atoms with Crippen molar-refractivity contribution >= 4 is 29.7 Å². The Bertz CT molecular complexity index is 899. The molecule has 11 nitrogen and oxygen atoms in total. The molecule has 1 aromatic carbocycles. The van der Waals surface area contributed by atoms with E-state index < -0.39 is 75.2 Å². The summed E-state index contributed by atoms with van der Waals surface area (Å²) in [6, 6.07) is 0. The van der Waals surface area contributed by atoms with Crippen LogP contribution < -0.4 is 0 Å². The number of fused-ring (bicyclic) bond motifs is 1. The van der Waals surface area contributed by atoms with Gasteiger partial charge < -0.3 is 29.2 Å². The number of hydrogen-bond donors (Lipinski definition) is 2. The van der Waals surface area contributed by atoms with Gasteiger partial charge in [0.05, 0.1) is 28.4 Å². The fraction of sp³-hybridized carbons (Fsp3) is 0.353. The second-order valence-corrected chi connectivity index (χ2v) is 5.57. The van der Waals surface area contributed by atoms with Crippen molar-refractivity contribution in [3.05, 3.63) is 22.3 Å². The summed E-state index contributed by atoms with van der Waals surface area (Å²) in [6.45, 7) is 0. The zero-order valence-corrected chi connectivity index (χ0v) is 15.2. The van der Waals surface area contributed by atoms with Gasteiger partial charge in [-0.25, -0.2) is 9.59 Å². The molecule has 0 bridgehead atoms. The van der Waals surface area contributed by atoms with Gasteiger partial charge in [0.15, 0.2) is 5.78 Å². The predicted octanol–water partition coefficient (Wildman–Crippen LogP) is -0.233. The van der Waals surface area contributed by atoms with Crippen LogP contribution in [-0.4, -0.2) is 68.3 Å². The van der Waals surface area contributed by atoms with Crippen molar-refractivity contribution < 1.29 is 53.1 Å². The number of Topliss-reactive ketones (excluding diaryl/α,β-unsaturated/α-hetero) is 1. The molecule has 1 aliphatic carbocycles. The van der Waals surface area contributed by atoms with E-state index in [-0.39, 0.29) is 0 Å². The number of hydrogen-bond acceptors (Lipinski definition) is 11. The molecule has 0 heterocycles. The number of ether oxygens (including phenoxy) is 4. The summed E-state index contributed by atoms with van der Waals surface area (Å²) >= 11 is 0. The van der Waals surface area contributed by atoms with Crippen LogP contribution in [-0.2, 0) is 33.3 Å². The smallest absolute Gasteiger partial charge is 0.345 e. The van der Waals surface area contributed by atoms with Gasteiger partial charge in [-0.05, 0) is 0 Å². The lowest BCUT2D eigenvalue weighted by Gasteiger charge is -2.17. The Morgan fingerprint density at radius 2 is 1.11 bits per heavy atom. The van der Waals surface area contributed by atoms with Crippen molar-refractivity contribution in [1.29, 1.82) is 0 Å². The maximum atomic E-state index is 12.8. The Balaban J connectivity index is 3.06. The van der Waals surface area contributed by atoms with E-state index >= 15 is 0 Å². The highest BCUT2D eigenvalue weighted by molar-refractivity contribution is 6.22. The first-order valence-corrected chi connectivity index (χ1v) is 7.65. The van der Waals surface area contributed by atoms with Crippen LogP contribution in [0.25, 0.3) is 0 Å². The Kier molecular flexibility index (Phi) is 5.57. The van der Waals surface area contributed by atoms with Crippen molar-refractivity contribution in [2.75, 3.05) is 28.4 Å². The molecule has 0 aliphatic heterocycles. The number of phenols is 2. The highest BCUT2D eigenvalue weighted by Gasteiger charge is 2.54. The van der Waals surface area contributed by atoms with Crippen LogP contribution in [0, 0.1) is 0 Å². The third-order valence-electron chi connectivity index (χ3n) is 4.32. The van der Waals surface area contributed by atoms with Crippen LogP contribution in [0.4, 0.5) is 0 Å². The molecule has 11 heteroatoms. The van der Waals surface area contributed by atoms with E-state index in [0.29, 0.717) is 0 Å². The van der Waals surface area contributed by atoms with Crippen molar-refractivity contribution in [3.63, 3.8) is 0 Å². The fourth-order valence-corrected chi connectivity index (χ4v) is 3.11. The SMILES string of the molecule is COC(=O)c1c(O)c(C(=O)OC)c2c(c1O)C(C(=O)OC)C(=O)C2C(=O)OC. The largest absolute Gasteiger partial charge is 0.507 e. The maximum absolute atomic E-state index is 12.8. The van der Waals surface area contributed by atoms with Gasteiger partial charge in [-0.1, -0.05) is 0 Å². The zero-order chi connectivity index (χ0) is 21.3. The lowest BCUT2D eigenvalue weighted by molar-refractivity contribution is -0.148. The second-order valence-electron chi connectivity index (χ2n) is 5.57. The number of ketones is 1. The molecule has 0 fully saturated rings. The summed E-state index contributed by atoms with van der Waals surface area (Å²) in [5.41, 5.74) is -2.70. The lowest BCUT2D eigenvalue weighted by atomic mass is 9.90. The zero-order valence-electron chi connectivity index (χ0n) is 15.2. The second kappa shape index (κ2) is 7.55. The van der Waals surface area contributed by atoms with Crippen molar-refractivity contribution in [2.45, 2.75) is 11.8 Å². The van der Waals surface area contributed by atoms with Crippen LogP contribution in [0.1, 0.15) is 43.7 Å². The average Bonchev–Trinajstić information content (AvgIpc) is 2.99. The van der Waals surface area contributed by atoms with Gasteiger partial charge in [-0.15, -0.1) is 0 Å². The van der Waals surface area contributed by atoms with E-state index in [0.717, 1.165) is 28.4 Å². The van der Waals surface area contributed by atoms with Crippen molar-refractivity contribution in [3.8, 4) is 11.5 Å². The van der Waals surface area contributed by atoms with E-state index in [9.17, 15) is 34.2 Å². The topological polar surface area (TPSA) is 163 Å². The highest BCUT2D eigenvalue weighted by Crippen LogP contribution is 2.51. The van der Waals surface area contributed by atoms with Crippen LogP contribution >= 0.6 is 0 Å². The molecule has 0 saturated heterocycles. The monoisotopic (exact) mass is 396 g/mol. The third kappa shape index (κ3) is 2.80. The van der Waals surface area contributed by atoms with Crippen molar-refractivity contribution in [1.82, 2.24) is 0 Å². The van der Waals surface area contributed by atoms with Gasteiger partial charge in [0.25, 0.3) is 0 Å². The van der Waals surface area contributed by atoms with Crippen LogP contribution in [0.2, 0.25) is 0 Å². The molecule has 0 spiro atoms. The number of carbonyl (C=O) groups is 5. The summed E-state index contributed by atoms with van der Waals surface area (Å²) in [5.74, 6) is -11.7. The van der Waals surface area contributed by atoms with Gasteiger partial charge >= 0.3 is 23.9 Å². The van der Waals surface area contributed by atoms with Gasteiger partial charge in [0.1, 0.15) is 34.5 Å². The molecule has 0 aromatic heterocycles. The molecule has 2 unspecified atom stereocenters. The van der Waals surface area contributed by atoms with Gasteiger partial charge in [-0.2, -0.15) is 0 Å². The quantitative estimate of drug-likeness (QED) is 0.392. The molecular weight excluding hydrogens is 380 g/mol. The first-order valence-electron chi connectivity index (χ1n) is 7.65. The summed E-state index contributed by atoms with van der Waals surface area (Å²) in [6.07, 6.45) is 0. The van der Waals surface area contributed by atoms with Crippen LogP contribution in [0.3, 0.4) is 0 Å². The number of rotatable bonds is 4. The lowest BCUT2D eigenvalue weighted by Crippen LogP contribution is -2.26. The number of methoxy groups -OCH3 is 4. The molecule has 1 aliphatic rings. The third-order valence-corrected chi connectivity index (χ3v) is 4.32. The molecular formula is C17H16O11. The van der Waals surface area contributed by atoms with Crippen molar-refractivity contribution in [2.24, 2.45) is 0 Å². The first-order chi connectivity index (χ1) is 13.2. The predicted molar refractivity (Wildman–Crippen MR) is 87.0 cm³/mol. The first kappa shape index (κ1) is 20.7. The molecule has 0 radical (unpaired) electrons. The van der Waals surface area contributed by atoms with E-state index in [1.807, 2.05) is 0 Å². The molecule has 28 heavy (non-hydrogen) atoms. The normalized spacial score (nSPS) is 17.5. The number of esters is 4. The summed E-state index contributed by atoms with van der Waals surface area (Å²) in [5, 5.41) is 21.0. The minimum Gasteiger partial charge on any atom is -0.507 e.